The summed E-state index contributed by atoms with van der Waals surface area (Å²) in [5, 5.41) is 2.85. The van der Waals surface area contributed by atoms with Crippen molar-refractivity contribution in [1.29, 1.82) is 0 Å². The van der Waals surface area contributed by atoms with Gasteiger partial charge >= 0.3 is 0 Å². The van der Waals surface area contributed by atoms with E-state index in [1.807, 2.05) is 7.05 Å². The first-order valence-corrected chi connectivity index (χ1v) is 4.83. The van der Waals surface area contributed by atoms with E-state index in [4.69, 9.17) is 0 Å². The fraction of sp³-hybridized carbons (Fsp3) is 1.00. The van der Waals surface area contributed by atoms with Gasteiger partial charge in [0.25, 0.3) is 5.92 Å². The lowest BCUT2D eigenvalue weighted by Crippen LogP contribution is -2.28. The normalized spacial score (nSPS) is 27.0. The number of hydrogen-bond acceptors (Lipinski definition) is 2. The SMILES string of the molecule is CCN(C)CCC1CC(F)(F)CN1. The van der Waals surface area contributed by atoms with Crippen molar-refractivity contribution in [3.8, 4) is 0 Å². The Kier molecular flexibility index (Phi) is 3.62. The van der Waals surface area contributed by atoms with Crippen molar-refractivity contribution >= 4 is 0 Å². The lowest BCUT2D eigenvalue weighted by atomic mass is 10.1. The molecule has 0 radical (unpaired) electrons. The zero-order chi connectivity index (χ0) is 9.90. The summed E-state index contributed by atoms with van der Waals surface area (Å²) in [6.45, 7) is 3.79. The number of halogens is 2. The van der Waals surface area contributed by atoms with E-state index in [1.165, 1.54) is 0 Å². The number of alkyl halides is 2. The molecule has 13 heavy (non-hydrogen) atoms. The van der Waals surface area contributed by atoms with Gasteiger partial charge in [0.2, 0.25) is 0 Å². The summed E-state index contributed by atoms with van der Waals surface area (Å²) >= 11 is 0. The first kappa shape index (κ1) is 10.9. The van der Waals surface area contributed by atoms with Crippen LogP contribution in [0.3, 0.4) is 0 Å². The van der Waals surface area contributed by atoms with Gasteiger partial charge in [-0.3, -0.25) is 0 Å². The third-order valence-electron chi connectivity index (χ3n) is 2.59. The van der Waals surface area contributed by atoms with E-state index in [0.717, 1.165) is 19.5 Å². The van der Waals surface area contributed by atoms with Gasteiger partial charge in [-0.2, -0.15) is 0 Å². The molecule has 1 heterocycles. The van der Waals surface area contributed by atoms with E-state index in [9.17, 15) is 8.78 Å². The fourth-order valence-corrected chi connectivity index (χ4v) is 1.54. The van der Waals surface area contributed by atoms with E-state index in [-0.39, 0.29) is 19.0 Å². The van der Waals surface area contributed by atoms with Crippen LogP contribution in [-0.2, 0) is 0 Å². The van der Waals surface area contributed by atoms with Crippen LogP contribution in [0.5, 0.6) is 0 Å². The number of nitrogens with zero attached hydrogens (tertiary/aromatic N) is 1. The fourth-order valence-electron chi connectivity index (χ4n) is 1.54. The van der Waals surface area contributed by atoms with Crippen molar-refractivity contribution in [3.05, 3.63) is 0 Å². The molecule has 0 spiro atoms. The highest BCUT2D eigenvalue weighted by Crippen LogP contribution is 2.26. The molecule has 2 nitrogen and oxygen atoms in total. The van der Waals surface area contributed by atoms with Crippen molar-refractivity contribution in [1.82, 2.24) is 10.2 Å². The van der Waals surface area contributed by atoms with Crippen LogP contribution in [0.15, 0.2) is 0 Å². The Morgan fingerprint density at radius 3 is 2.69 bits per heavy atom. The monoisotopic (exact) mass is 192 g/mol. The van der Waals surface area contributed by atoms with Gasteiger partial charge in [-0.1, -0.05) is 6.92 Å². The molecule has 0 saturated carbocycles. The first-order chi connectivity index (χ1) is 6.03. The van der Waals surface area contributed by atoms with Crippen molar-refractivity contribution in [2.75, 3.05) is 26.7 Å². The highest BCUT2D eigenvalue weighted by atomic mass is 19.3. The summed E-state index contributed by atoms with van der Waals surface area (Å²) in [5.74, 6) is -2.48. The number of rotatable bonds is 4. The van der Waals surface area contributed by atoms with Crippen molar-refractivity contribution in [3.63, 3.8) is 0 Å². The minimum Gasteiger partial charge on any atom is -0.308 e. The van der Waals surface area contributed by atoms with Gasteiger partial charge in [0.1, 0.15) is 0 Å². The minimum atomic E-state index is -2.48. The summed E-state index contributed by atoms with van der Waals surface area (Å²) in [6, 6.07) is 0.00370. The van der Waals surface area contributed by atoms with Crippen LogP contribution < -0.4 is 5.32 Å². The Morgan fingerprint density at radius 2 is 2.23 bits per heavy atom. The van der Waals surface area contributed by atoms with Crippen LogP contribution in [0, 0.1) is 0 Å². The number of hydrogen-bond donors (Lipinski definition) is 1. The van der Waals surface area contributed by atoms with Gasteiger partial charge in [0.05, 0.1) is 6.54 Å². The molecular formula is C9H18F2N2. The van der Waals surface area contributed by atoms with Crippen LogP contribution in [0.1, 0.15) is 19.8 Å². The summed E-state index contributed by atoms with van der Waals surface area (Å²) in [7, 11) is 2.01. The third-order valence-corrected chi connectivity index (χ3v) is 2.59. The standard InChI is InChI=1S/C9H18F2N2/c1-3-13(2)5-4-8-6-9(10,11)7-12-8/h8,12H,3-7H2,1-2H3. The molecule has 1 aliphatic heterocycles. The van der Waals surface area contributed by atoms with Gasteiger partial charge in [0, 0.05) is 12.5 Å². The Labute approximate surface area is 78.3 Å². The van der Waals surface area contributed by atoms with E-state index in [0.29, 0.717) is 0 Å². The van der Waals surface area contributed by atoms with Crippen molar-refractivity contribution in [2.24, 2.45) is 0 Å². The molecule has 1 unspecified atom stereocenters. The molecule has 1 atom stereocenters. The Balaban J connectivity index is 2.17. The van der Waals surface area contributed by atoms with Crippen LogP contribution in [-0.4, -0.2) is 43.5 Å². The maximum Gasteiger partial charge on any atom is 0.261 e. The average Bonchev–Trinajstić information content (AvgIpc) is 2.41. The van der Waals surface area contributed by atoms with Gasteiger partial charge in [-0.15, -0.1) is 0 Å². The molecule has 0 aromatic heterocycles. The molecule has 0 aromatic rings. The van der Waals surface area contributed by atoms with Crippen LogP contribution in [0.4, 0.5) is 8.78 Å². The Bertz CT molecular complexity index is 162. The Morgan fingerprint density at radius 1 is 1.54 bits per heavy atom. The van der Waals surface area contributed by atoms with E-state index in [1.54, 1.807) is 0 Å². The zero-order valence-electron chi connectivity index (χ0n) is 8.32. The molecular weight excluding hydrogens is 174 g/mol. The summed E-state index contributed by atoms with van der Waals surface area (Å²) in [4.78, 5) is 2.14. The lowest BCUT2D eigenvalue weighted by Gasteiger charge is -2.16. The number of nitrogens with one attached hydrogen (secondary N) is 1. The molecule has 0 bridgehead atoms. The average molecular weight is 192 g/mol. The predicted molar refractivity (Wildman–Crippen MR) is 49.1 cm³/mol. The zero-order valence-corrected chi connectivity index (χ0v) is 8.32. The highest BCUT2D eigenvalue weighted by Gasteiger charge is 2.38. The van der Waals surface area contributed by atoms with Crippen molar-refractivity contribution in [2.45, 2.75) is 31.7 Å². The quantitative estimate of drug-likeness (QED) is 0.722. The molecule has 1 rings (SSSR count). The molecule has 1 aliphatic rings. The van der Waals surface area contributed by atoms with E-state index in [2.05, 4.69) is 17.1 Å². The topological polar surface area (TPSA) is 15.3 Å². The van der Waals surface area contributed by atoms with E-state index < -0.39 is 5.92 Å². The van der Waals surface area contributed by atoms with Gasteiger partial charge in [0.15, 0.2) is 0 Å². The molecule has 0 amide bonds. The van der Waals surface area contributed by atoms with Gasteiger partial charge in [-0.25, -0.2) is 8.78 Å². The molecule has 1 fully saturated rings. The van der Waals surface area contributed by atoms with Crippen LogP contribution in [0.25, 0.3) is 0 Å². The second kappa shape index (κ2) is 4.33. The minimum absolute atomic E-state index is 0.00370. The molecule has 0 aromatic carbocycles. The van der Waals surface area contributed by atoms with E-state index >= 15 is 0 Å². The van der Waals surface area contributed by atoms with Crippen molar-refractivity contribution < 1.29 is 8.78 Å². The maximum atomic E-state index is 12.7. The Hall–Kier alpha value is -0.220. The largest absolute Gasteiger partial charge is 0.308 e. The lowest BCUT2D eigenvalue weighted by molar-refractivity contribution is 0.0206. The highest BCUT2D eigenvalue weighted by molar-refractivity contribution is 4.87. The van der Waals surface area contributed by atoms with Gasteiger partial charge in [-0.05, 0) is 26.6 Å². The molecule has 1 saturated heterocycles. The van der Waals surface area contributed by atoms with Gasteiger partial charge < -0.3 is 10.2 Å². The molecule has 78 valence electrons. The van der Waals surface area contributed by atoms with Crippen LogP contribution in [0.2, 0.25) is 0 Å². The maximum absolute atomic E-state index is 12.7. The smallest absolute Gasteiger partial charge is 0.261 e. The molecule has 1 N–H and O–H groups in total. The second-order valence-electron chi connectivity index (χ2n) is 3.82. The second-order valence-corrected chi connectivity index (χ2v) is 3.82. The molecule has 0 aliphatic carbocycles. The summed E-state index contributed by atoms with van der Waals surface area (Å²) in [6.07, 6.45) is 0.824. The van der Waals surface area contributed by atoms with Crippen LogP contribution >= 0.6 is 0 Å². The predicted octanol–water partition coefficient (Wildman–Crippen LogP) is 1.33. The molecule has 4 heteroatoms. The summed E-state index contributed by atoms with van der Waals surface area (Å²) < 4.78 is 25.4. The first-order valence-electron chi connectivity index (χ1n) is 4.83. The summed E-state index contributed by atoms with van der Waals surface area (Å²) in [5.41, 5.74) is 0. The third kappa shape index (κ3) is 3.56.